The average Bonchev–Trinajstić information content (AvgIpc) is 2.90. The number of ether oxygens (including phenoxy) is 1. The molecule has 4 nitrogen and oxygen atoms in total. The molecule has 1 aliphatic carbocycles. The predicted octanol–water partition coefficient (Wildman–Crippen LogP) is 3.77. The van der Waals surface area contributed by atoms with Gasteiger partial charge in [0.25, 0.3) is 0 Å². The number of esters is 1. The molecule has 1 atom stereocenters. The summed E-state index contributed by atoms with van der Waals surface area (Å²) in [5.74, 6) is 1.50. The van der Waals surface area contributed by atoms with E-state index in [4.69, 9.17) is 4.74 Å². The lowest BCUT2D eigenvalue weighted by molar-refractivity contribution is -0.137. The van der Waals surface area contributed by atoms with Crippen LogP contribution in [0.25, 0.3) is 0 Å². The third-order valence-electron chi connectivity index (χ3n) is 4.82. The highest BCUT2D eigenvalue weighted by atomic mass is 32.2. The summed E-state index contributed by atoms with van der Waals surface area (Å²) >= 11 is 3.12. The van der Waals surface area contributed by atoms with Crippen LogP contribution in [0.4, 0.5) is 0 Å². The summed E-state index contributed by atoms with van der Waals surface area (Å²) < 4.78 is 5.15. The molecule has 0 radical (unpaired) electrons. The van der Waals surface area contributed by atoms with E-state index in [0.29, 0.717) is 18.1 Å². The summed E-state index contributed by atoms with van der Waals surface area (Å²) in [7, 11) is 0. The third kappa shape index (κ3) is 3.90. The standard InChI is InChI=1S/C17H25NO3S2/c1-2-21-17(20)14-16-18(10-11-22-14)15(19)13(23-16)9-8-12-6-4-3-5-7-12/h12-13H,2-11H2,1H3. The first-order chi connectivity index (χ1) is 11.2. The molecular weight excluding hydrogens is 330 g/mol. The van der Waals surface area contributed by atoms with Crippen LogP contribution in [-0.4, -0.2) is 40.9 Å². The second-order valence-corrected chi connectivity index (χ2v) is 8.68. The zero-order chi connectivity index (χ0) is 16.2. The molecule has 0 spiro atoms. The summed E-state index contributed by atoms with van der Waals surface area (Å²) in [6.45, 7) is 2.91. The Bertz CT molecular complexity index is 500. The maximum atomic E-state index is 12.6. The number of carbonyl (C=O) groups is 2. The molecule has 0 bridgehead atoms. The van der Waals surface area contributed by atoms with Crippen molar-refractivity contribution in [1.82, 2.24) is 4.90 Å². The van der Waals surface area contributed by atoms with Gasteiger partial charge in [0.15, 0.2) is 0 Å². The van der Waals surface area contributed by atoms with Crippen LogP contribution in [-0.2, 0) is 14.3 Å². The first-order valence-corrected chi connectivity index (χ1v) is 10.6. The van der Waals surface area contributed by atoms with E-state index < -0.39 is 0 Å². The Morgan fingerprint density at radius 2 is 2.04 bits per heavy atom. The van der Waals surface area contributed by atoms with E-state index in [9.17, 15) is 9.59 Å². The van der Waals surface area contributed by atoms with Crippen molar-refractivity contribution in [2.24, 2.45) is 5.92 Å². The molecule has 6 heteroatoms. The van der Waals surface area contributed by atoms with E-state index in [2.05, 4.69) is 0 Å². The Kier molecular flexibility index (Phi) is 5.96. The Balaban J connectivity index is 1.65. The number of hydrogen-bond acceptors (Lipinski definition) is 5. The van der Waals surface area contributed by atoms with Crippen molar-refractivity contribution >= 4 is 35.4 Å². The number of amides is 1. The normalized spacial score (nSPS) is 25.7. The van der Waals surface area contributed by atoms with E-state index in [1.807, 2.05) is 11.8 Å². The molecule has 0 aromatic heterocycles. The van der Waals surface area contributed by atoms with Gasteiger partial charge in [0.05, 0.1) is 16.9 Å². The maximum Gasteiger partial charge on any atom is 0.347 e. The van der Waals surface area contributed by atoms with Crippen LogP contribution in [0.5, 0.6) is 0 Å². The number of fused-ring (bicyclic) bond motifs is 1. The van der Waals surface area contributed by atoms with Crippen LogP contribution < -0.4 is 0 Å². The minimum Gasteiger partial charge on any atom is -0.462 e. The van der Waals surface area contributed by atoms with Gasteiger partial charge in [0, 0.05) is 12.3 Å². The van der Waals surface area contributed by atoms with Crippen molar-refractivity contribution < 1.29 is 14.3 Å². The first kappa shape index (κ1) is 17.2. The smallest absolute Gasteiger partial charge is 0.347 e. The van der Waals surface area contributed by atoms with Crippen LogP contribution in [0.1, 0.15) is 51.9 Å². The monoisotopic (exact) mass is 355 g/mol. The molecule has 3 aliphatic rings. The summed E-state index contributed by atoms with van der Waals surface area (Å²) in [4.78, 5) is 27.2. The van der Waals surface area contributed by atoms with Gasteiger partial charge in [-0.1, -0.05) is 43.9 Å². The fourth-order valence-electron chi connectivity index (χ4n) is 3.60. The Labute approximate surface area is 146 Å². The van der Waals surface area contributed by atoms with Gasteiger partial charge in [0.1, 0.15) is 4.91 Å². The molecule has 0 aromatic carbocycles. The number of thioether (sulfide) groups is 2. The second kappa shape index (κ2) is 7.97. The number of hydrogen-bond donors (Lipinski definition) is 0. The third-order valence-corrected chi connectivity index (χ3v) is 7.35. The van der Waals surface area contributed by atoms with Crippen LogP contribution in [0.15, 0.2) is 9.93 Å². The minimum absolute atomic E-state index is 0.00458. The zero-order valence-electron chi connectivity index (χ0n) is 13.7. The van der Waals surface area contributed by atoms with Gasteiger partial charge in [-0.3, -0.25) is 4.79 Å². The van der Waals surface area contributed by atoms with Gasteiger partial charge in [-0.05, 0) is 25.7 Å². The Morgan fingerprint density at radius 3 is 2.78 bits per heavy atom. The van der Waals surface area contributed by atoms with Crippen molar-refractivity contribution in [1.29, 1.82) is 0 Å². The summed E-state index contributed by atoms with van der Waals surface area (Å²) in [6, 6.07) is 0. The molecule has 128 valence electrons. The largest absolute Gasteiger partial charge is 0.462 e. The van der Waals surface area contributed by atoms with Gasteiger partial charge in [-0.25, -0.2) is 4.79 Å². The molecule has 3 rings (SSSR count). The fourth-order valence-corrected chi connectivity index (χ4v) is 6.06. The molecular formula is C17H25NO3S2. The second-order valence-electron chi connectivity index (χ2n) is 6.38. The van der Waals surface area contributed by atoms with E-state index >= 15 is 0 Å². The van der Waals surface area contributed by atoms with Gasteiger partial charge >= 0.3 is 5.97 Å². The van der Waals surface area contributed by atoms with Crippen molar-refractivity contribution in [2.75, 3.05) is 18.9 Å². The van der Waals surface area contributed by atoms with E-state index in [1.54, 1.807) is 11.8 Å². The number of rotatable bonds is 5. The molecule has 1 amide bonds. The highest BCUT2D eigenvalue weighted by Gasteiger charge is 2.41. The van der Waals surface area contributed by atoms with Crippen molar-refractivity contribution in [2.45, 2.75) is 57.1 Å². The molecule has 0 N–H and O–H groups in total. The van der Waals surface area contributed by atoms with E-state index in [-0.39, 0.29) is 17.1 Å². The van der Waals surface area contributed by atoms with Crippen LogP contribution in [0.2, 0.25) is 0 Å². The van der Waals surface area contributed by atoms with Crippen LogP contribution >= 0.6 is 23.5 Å². The van der Waals surface area contributed by atoms with Crippen LogP contribution in [0.3, 0.4) is 0 Å². The quantitative estimate of drug-likeness (QED) is 0.703. The summed E-state index contributed by atoms with van der Waals surface area (Å²) in [5, 5.41) is 0.841. The molecule has 1 saturated carbocycles. The van der Waals surface area contributed by atoms with Gasteiger partial charge in [0.2, 0.25) is 5.91 Å². The molecule has 2 heterocycles. The van der Waals surface area contributed by atoms with Crippen molar-refractivity contribution in [3.63, 3.8) is 0 Å². The lowest BCUT2D eigenvalue weighted by atomic mass is 9.86. The van der Waals surface area contributed by atoms with E-state index in [1.165, 1.54) is 43.9 Å². The molecule has 23 heavy (non-hydrogen) atoms. The van der Waals surface area contributed by atoms with Gasteiger partial charge in [-0.15, -0.1) is 11.8 Å². The highest BCUT2D eigenvalue weighted by Crippen LogP contribution is 2.45. The topological polar surface area (TPSA) is 46.6 Å². The predicted molar refractivity (Wildman–Crippen MR) is 95.0 cm³/mol. The van der Waals surface area contributed by atoms with E-state index in [0.717, 1.165) is 29.5 Å². The molecule has 0 aromatic rings. The van der Waals surface area contributed by atoms with Gasteiger partial charge in [-0.2, -0.15) is 0 Å². The van der Waals surface area contributed by atoms with Gasteiger partial charge < -0.3 is 9.64 Å². The zero-order valence-corrected chi connectivity index (χ0v) is 15.3. The fraction of sp³-hybridized carbons (Fsp3) is 0.765. The molecule has 2 aliphatic heterocycles. The minimum atomic E-state index is -0.273. The lowest BCUT2D eigenvalue weighted by Gasteiger charge is -2.24. The number of carbonyl (C=O) groups excluding carboxylic acids is 2. The molecule has 1 unspecified atom stereocenters. The van der Waals surface area contributed by atoms with Crippen LogP contribution in [0, 0.1) is 5.92 Å². The maximum absolute atomic E-state index is 12.6. The van der Waals surface area contributed by atoms with Crippen molar-refractivity contribution in [3.8, 4) is 0 Å². The Morgan fingerprint density at radius 1 is 1.26 bits per heavy atom. The highest BCUT2D eigenvalue weighted by molar-refractivity contribution is 8.08. The lowest BCUT2D eigenvalue weighted by Crippen LogP contribution is -2.34. The van der Waals surface area contributed by atoms with Crippen molar-refractivity contribution in [3.05, 3.63) is 9.93 Å². The molecule has 1 saturated heterocycles. The first-order valence-electron chi connectivity index (χ1n) is 8.73. The summed E-state index contributed by atoms with van der Waals surface area (Å²) in [6.07, 6.45) is 8.79. The average molecular weight is 356 g/mol. The Hall–Kier alpha value is -0.620. The summed E-state index contributed by atoms with van der Waals surface area (Å²) in [5.41, 5.74) is 0. The SMILES string of the molecule is CCOC(=O)C1=C2SC(CCC3CCCCC3)C(=O)N2CCS1. The number of nitrogens with zero attached hydrogens (tertiary/aromatic N) is 1. The molecule has 2 fully saturated rings.